The van der Waals surface area contributed by atoms with Crippen LogP contribution in [-0.4, -0.2) is 23.4 Å². The molecule has 1 saturated heterocycles. The van der Waals surface area contributed by atoms with Crippen molar-refractivity contribution in [3.63, 3.8) is 0 Å². The summed E-state index contributed by atoms with van der Waals surface area (Å²) in [6.07, 6.45) is 2.27. The minimum absolute atomic E-state index is 0.182. The van der Waals surface area contributed by atoms with Crippen LogP contribution in [0.25, 0.3) is 0 Å². The molecular formula is C15H20BrNO. The first kappa shape index (κ1) is 13.6. The van der Waals surface area contributed by atoms with E-state index in [1.165, 1.54) is 0 Å². The second kappa shape index (κ2) is 5.43. The van der Waals surface area contributed by atoms with Crippen molar-refractivity contribution in [3.8, 4) is 0 Å². The number of carbonyl (C=O) groups excluding carboxylic acids is 1. The van der Waals surface area contributed by atoms with Gasteiger partial charge in [0.2, 0.25) is 0 Å². The van der Waals surface area contributed by atoms with Crippen LogP contribution in [0.4, 0.5) is 0 Å². The summed E-state index contributed by atoms with van der Waals surface area (Å²) in [7, 11) is 0. The fourth-order valence-corrected chi connectivity index (χ4v) is 2.93. The average Bonchev–Trinajstić information content (AvgIpc) is 2.81. The molecule has 1 aliphatic rings. The summed E-state index contributed by atoms with van der Waals surface area (Å²) in [6.45, 7) is 7.31. The highest BCUT2D eigenvalue weighted by Crippen LogP contribution is 2.26. The van der Waals surface area contributed by atoms with Gasteiger partial charge >= 0.3 is 0 Å². The van der Waals surface area contributed by atoms with Crippen LogP contribution >= 0.6 is 15.9 Å². The first-order valence-corrected chi connectivity index (χ1v) is 7.37. The smallest absolute Gasteiger partial charge is 0.254 e. The molecule has 1 heterocycles. The molecule has 1 unspecified atom stereocenters. The molecule has 1 aromatic rings. The van der Waals surface area contributed by atoms with Crippen LogP contribution in [0.1, 0.15) is 42.6 Å². The van der Waals surface area contributed by atoms with Crippen molar-refractivity contribution in [1.29, 1.82) is 0 Å². The van der Waals surface area contributed by atoms with Crippen molar-refractivity contribution in [2.24, 2.45) is 5.92 Å². The molecule has 1 fully saturated rings. The van der Waals surface area contributed by atoms with Gasteiger partial charge in [-0.3, -0.25) is 4.79 Å². The standard InChI is InChI=1S/C15H20BrNO/c1-10(2)14-5-4-8-17(14)15(18)12-6-7-13(16)11(3)9-12/h6-7,9-10,14H,4-5,8H2,1-3H3. The monoisotopic (exact) mass is 309 g/mol. The van der Waals surface area contributed by atoms with E-state index in [2.05, 4.69) is 29.8 Å². The summed E-state index contributed by atoms with van der Waals surface area (Å²) >= 11 is 3.47. The molecule has 1 aliphatic heterocycles. The van der Waals surface area contributed by atoms with Gasteiger partial charge in [-0.05, 0) is 49.4 Å². The van der Waals surface area contributed by atoms with Gasteiger partial charge < -0.3 is 4.90 Å². The van der Waals surface area contributed by atoms with E-state index in [0.29, 0.717) is 12.0 Å². The minimum atomic E-state index is 0.182. The Labute approximate surface area is 117 Å². The highest BCUT2D eigenvalue weighted by atomic mass is 79.9. The van der Waals surface area contributed by atoms with Crippen LogP contribution in [0, 0.1) is 12.8 Å². The largest absolute Gasteiger partial charge is 0.335 e. The molecule has 0 aromatic heterocycles. The zero-order valence-electron chi connectivity index (χ0n) is 11.2. The molecule has 98 valence electrons. The number of hydrogen-bond donors (Lipinski definition) is 0. The summed E-state index contributed by atoms with van der Waals surface area (Å²) in [4.78, 5) is 14.6. The van der Waals surface area contributed by atoms with Crippen molar-refractivity contribution in [1.82, 2.24) is 4.90 Å². The molecule has 18 heavy (non-hydrogen) atoms. The Morgan fingerprint density at radius 3 is 2.78 bits per heavy atom. The molecule has 0 aliphatic carbocycles. The Morgan fingerprint density at radius 1 is 1.44 bits per heavy atom. The molecule has 3 heteroatoms. The highest BCUT2D eigenvalue weighted by molar-refractivity contribution is 9.10. The van der Waals surface area contributed by atoms with E-state index >= 15 is 0 Å². The maximum Gasteiger partial charge on any atom is 0.254 e. The fourth-order valence-electron chi connectivity index (χ4n) is 2.68. The third-order valence-electron chi connectivity index (χ3n) is 3.73. The molecule has 1 amide bonds. The van der Waals surface area contributed by atoms with Crippen LogP contribution in [0.15, 0.2) is 22.7 Å². The molecular weight excluding hydrogens is 290 g/mol. The van der Waals surface area contributed by atoms with Crippen molar-refractivity contribution in [3.05, 3.63) is 33.8 Å². The number of benzene rings is 1. The Hall–Kier alpha value is -0.830. The minimum Gasteiger partial charge on any atom is -0.335 e. The molecule has 1 atom stereocenters. The Morgan fingerprint density at radius 2 is 2.17 bits per heavy atom. The number of halogens is 1. The zero-order chi connectivity index (χ0) is 13.3. The van der Waals surface area contributed by atoms with E-state index < -0.39 is 0 Å². The summed E-state index contributed by atoms with van der Waals surface area (Å²) < 4.78 is 1.06. The molecule has 0 spiro atoms. The van der Waals surface area contributed by atoms with Gasteiger partial charge in [0.05, 0.1) is 0 Å². The lowest BCUT2D eigenvalue weighted by molar-refractivity contribution is 0.0701. The zero-order valence-corrected chi connectivity index (χ0v) is 12.8. The van der Waals surface area contributed by atoms with Crippen molar-refractivity contribution in [2.45, 2.75) is 39.7 Å². The van der Waals surface area contributed by atoms with E-state index in [1.807, 2.05) is 30.0 Å². The fraction of sp³-hybridized carbons (Fsp3) is 0.533. The average molecular weight is 310 g/mol. The van der Waals surface area contributed by atoms with Gasteiger partial charge in [0, 0.05) is 22.6 Å². The number of amides is 1. The Balaban J connectivity index is 2.22. The molecule has 1 aromatic carbocycles. The van der Waals surface area contributed by atoms with Gasteiger partial charge in [-0.15, -0.1) is 0 Å². The van der Waals surface area contributed by atoms with E-state index in [1.54, 1.807) is 0 Å². The lowest BCUT2D eigenvalue weighted by atomic mass is 10.0. The second-order valence-electron chi connectivity index (χ2n) is 5.42. The molecule has 2 nitrogen and oxygen atoms in total. The van der Waals surface area contributed by atoms with Gasteiger partial charge in [-0.1, -0.05) is 29.8 Å². The SMILES string of the molecule is Cc1cc(C(=O)N2CCCC2C(C)C)ccc1Br. The number of carbonyl (C=O) groups is 1. The molecule has 2 rings (SSSR count). The number of hydrogen-bond acceptors (Lipinski definition) is 1. The van der Waals surface area contributed by atoms with Crippen molar-refractivity contribution < 1.29 is 4.79 Å². The van der Waals surface area contributed by atoms with Crippen molar-refractivity contribution in [2.75, 3.05) is 6.54 Å². The molecule has 0 radical (unpaired) electrons. The molecule has 0 N–H and O–H groups in total. The van der Waals surface area contributed by atoms with Crippen LogP contribution in [0.3, 0.4) is 0 Å². The summed E-state index contributed by atoms with van der Waals surface area (Å²) in [5.41, 5.74) is 1.92. The third kappa shape index (κ3) is 2.61. The van der Waals surface area contributed by atoms with Crippen LogP contribution < -0.4 is 0 Å². The second-order valence-corrected chi connectivity index (χ2v) is 6.27. The van der Waals surface area contributed by atoms with Crippen LogP contribution in [0.2, 0.25) is 0 Å². The van der Waals surface area contributed by atoms with Crippen LogP contribution in [0.5, 0.6) is 0 Å². The molecule has 0 saturated carbocycles. The lowest BCUT2D eigenvalue weighted by Gasteiger charge is -2.28. The van der Waals surface area contributed by atoms with Gasteiger partial charge in [0.15, 0.2) is 0 Å². The van der Waals surface area contributed by atoms with Crippen LogP contribution in [-0.2, 0) is 0 Å². The predicted octanol–water partition coefficient (Wildman–Crippen LogP) is 4.02. The molecule has 0 bridgehead atoms. The summed E-state index contributed by atoms with van der Waals surface area (Å²) in [6, 6.07) is 6.25. The summed E-state index contributed by atoms with van der Waals surface area (Å²) in [5.74, 6) is 0.717. The van der Waals surface area contributed by atoms with Gasteiger partial charge in [-0.25, -0.2) is 0 Å². The first-order chi connectivity index (χ1) is 8.50. The van der Waals surface area contributed by atoms with Gasteiger partial charge in [-0.2, -0.15) is 0 Å². The highest BCUT2D eigenvalue weighted by Gasteiger charge is 2.31. The third-order valence-corrected chi connectivity index (χ3v) is 4.62. The maximum absolute atomic E-state index is 12.5. The Bertz CT molecular complexity index is 456. The quantitative estimate of drug-likeness (QED) is 0.808. The lowest BCUT2D eigenvalue weighted by Crippen LogP contribution is -2.38. The maximum atomic E-state index is 12.5. The van der Waals surface area contributed by atoms with Crippen molar-refractivity contribution >= 4 is 21.8 Å². The first-order valence-electron chi connectivity index (χ1n) is 6.58. The normalized spacial score (nSPS) is 19.6. The number of aryl methyl sites for hydroxylation is 1. The number of nitrogens with zero attached hydrogens (tertiary/aromatic N) is 1. The number of rotatable bonds is 2. The van der Waals surface area contributed by atoms with E-state index in [9.17, 15) is 4.79 Å². The topological polar surface area (TPSA) is 20.3 Å². The number of likely N-dealkylation sites (tertiary alicyclic amines) is 1. The Kier molecular flexibility index (Phi) is 4.10. The predicted molar refractivity (Wildman–Crippen MR) is 77.8 cm³/mol. The van der Waals surface area contributed by atoms with Gasteiger partial charge in [0.25, 0.3) is 5.91 Å². The summed E-state index contributed by atoms with van der Waals surface area (Å²) in [5, 5.41) is 0. The van der Waals surface area contributed by atoms with E-state index in [0.717, 1.165) is 35.0 Å². The van der Waals surface area contributed by atoms with E-state index in [4.69, 9.17) is 0 Å². The van der Waals surface area contributed by atoms with Gasteiger partial charge in [0.1, 0.15) is 0 Å². The van der Waals surface area contributed by atoms with E-state index in [-0.39, 0.29) is 5.91 Å².